The SMILES string of the molecule is COc1ccc(S(=O)(=O)Nc2ccc3c(c2)CCC(=O)N3CC(C)C)c(C)c1. The third-order valence-corrected chi connectivity index (χ3v) is 6.29. The first-order chi connectivity index (χ1) is 13.2. The normalized spacial score (nSPS) is 14.2. The minimum atomic E-state index is -3.72. The first-order valence-electron chi connectivity index (χ1n) is 9.32. The average molecular weight is 403 g/mol. The van der Waals surface area contributed by atoms with E-state index in [2.05, 4.69) is 18.6 Å². The zero-order chi connectivity index (χ0) is 20.5. The van der Waals surface area contributed by atoms with Gasteiger partial charge in [-0.2, -0.15) is 0 Å². The molecule has 0 aromatic heterocycles. The van der Waals surface area contributed by atoms with Crippen molar-refractivity contribution in [2.45, 2.75) is 38.5 Å². The van der Waals surface area contributed by atoms with E-state index in [1.54, 1.807) is 37.1 Å². The second kappa shape index (κ2) is 7.83. The lowest BCUT2D eigenvalue weighted by Gasteiger charge is -2.31. The molecule has 0 radical (unpaired) electrons. The summed E-state index contributed by atoms with van der Waals surface area (Å²) in [5, 5.41) is 0. The number of methoxy groups -OCH3 is 1. The number of anilines is 2. The summed E-state index contributed by atoms with van der Waals surface area (Å²) >= 11 is 0. The van der Waals surface area contributed by atoms with Crippen LogP contribution in [0.1, 0.15) is 31.4 Å². The number of hydrogen-bond acceptors (Lipinski definition) is 4. The summed E-state index contributed by atoms with van der Waals surface area (Å²) in [6.07, 6.45) is 1.05. The number of hydrogen-bond donors (Lipinski definition) is 1. The minimum Gasteiger partial charge on any atom is -0.497 e. The molecule has 0 spiro atoms. The van der Waals surface area contributed by atoms with E-state index in [-0.39, 0.29) is 10.8 Å². The van der Waals surface area contributed by atoms with Gasteiger partial charge in [0, 0.05) is 24.3 Å². The number of nitrogens with one attached hydrogen (secondary N) is 1. The molecule has 150 valence electrons. The summed E-state index contributed by atoms with van der Waals surface area (Å²) in [7, 11) is -2.18. The van der Waals surface area contributed by atoms with Gasteiger partial charge < -0.3 is 9.64 Å². The second-order valence-corrected chi connectivity index (χ2v) is 9.13. The molecular weight excluding hydrogens is 376 g/mol. The van der Waals surface area contributed by atoms with E-state index in [1.165, 1.54) is 6.07 Å². The Hall–Kier alpha value is -2.54. The number of carbonyl (C=O) groups excluding carboxylic acids is 1. The number of nitrogens with zero attached hydrogens (tertiary/aromatic N) is 1. The van der Waals surface area contributed by atoms with Crippen molar-refractivity contribution in [1.82, 2.24) is 0 Å². The maximum Gasteiger partial charge on any atom is 0.262 e. The molecule has 1 aliphatic rings. The monoisotopic (exact) mass is 402 g/mol. The molecule has 0 fully saturated rings. The fourth-order valence-electron chi connectivity index (χ4n) is 3.45. The van der Waals surface area contributed by atoms with Crippen molar-refractivity contribution < 1.29 is 17.9 Å². The van der Waals surface area contributed by atoms with E-state index >= 15 is 0 Å². The van der Waals surface area contributed by atoms with Crippen molar-refractivity contribution in [3.63, 3.8) is 0 Å². The summed E-state index contributed by atoms with van der Waals surface area (Å²) in [6, 6.07) is 10.2. The van der Waals surface area contributed by atoms with Crippen LogP contribution in [0.25, 0.3) is 0 Å². The fraction of sp³-hybridized carbons (Fsp3) is 0.381. The highest BCUT2D eigenvalue weighted by molar-refractivity contribution is 7.92. The van der Waals surface area contributed by atoms with E-state index in [9.17, 15) is 13.2 Å². The van der Waals surface area contributed by atoms with Crippen molar-refractivity contribution in [1.29, 1.82) is 0 Å². The number of carbonyl (C=O) groups is 1. The highest BCUT2D eigenvalue weighted by atomic mass is 32.2. The molecule has 28 heavy (non-hydrogen) atoms. The maximum absolute atomic E-state index is 12.8. The third-order valence-electron chi connectivity index (χ3n) is 4.75. The fourth-order valence-corrected chi connectivity index (χ4v) is 4.73. The lowest BCUT2D eigenvalue weighted by atomic mass is 9.99. The zero-order valence-corrected chi connectivity index (χ0v) is 17.5. The van der Waals surface area contributed by atoms with Crippen LogP contribution >= 0.6 is 0 Å². The summed E-state index contributed by atoms with van der Waals surface area (Å²) in [5.74, 6) is 1.08. The van der Waals surface area contributed by atoms with Crippen LogP contribution in [0.3, 0.4) is 0 Å². The van der Waals surface area contributed by atoms with Gasteiger partial charge in [0.2, 0.25) is 5.91 Å². The van der Waals surface area contributed by atoms with Crippen LogP contribution in [0.2, 0.25) is 0 Å². The molecule has 0 saturated heterocycles. The Morgan fingerprint density at radius 2 is 1.89 bits per heavy atom. The molecule has 1 N–H and O–H groups in total. The highest BCUT2D eigenvalue weighted by Crippen LogP contribution is 2.32. The number of fused-ring (bicyclic) bond motifs is 1. The molecule has 0 aliphatic carbocycles. The van der Waals surface area contributed by atoms with E-state index < -0.39 is 10.0 Å². The molecule has 0 saturated carbocycles. The Kier molecular flexibility index (Phi) is 5.65. The molecule has 2 aromatic carbocycles. The summed E-state index contributed by atoms with van der Waals surface area (Å²) in [5.41, 5.74) is 2.95. The Balaban J connectivity index is 1.89. The number of aryl methyl sites for hydroxylation is 2. The van der Waals surface area contributed by atoms with Crippen molar-refractivity contribution in [3.8, 4) is 5.75 Å². The van der Waals surface area contributed by atoms with E-state index in [0.717, 1.165) is 11.3 Å². The molecule has 2 aromatic rings. The molecule has 7 heteroatoms. The van der Waals surface area contributed by atoms with Crippen molar-refractivity contribution in [2.75, 3.05) is 23.3 Å². The number of ether oxygens (including phenoxy) is 1. The average Bonchev–Trinajstić information content (AvgIpc) is 2.63. The van der Waals surface area contributed by atoms with Crippen molar-refractivity contribution in [2.24, 2.45) is 5.92 Å². The molecule has 1 heterocycles. The maximum atomic E-state index is 12.8. The first-order valence-corrected chi connectivity index (χ1v) is 10.8. The minimum absolute atomic E-state index is 0.114. The van der Waals surface area contributed by atoms with Crippen LogP contribution in [-0.4, -0.2) is 28.0 Å². The van der Waals surface area contributed by atoms with E-state index in [1.807, 2.05) is 12.1 Å². The standard InChI is InChI=1S/C21H26N2O4S/c1-14(2)13-23-19-8-6-17(12-16(19)5-10-21(23)24)22-28(25,26)20-9-7-18(27-4)11-15(20)3/h6-9,11-12,14,22H,5,10,13H2,1-4H3. The number of amides is 1. The van der Waals surface area contributed by atoms with Gasteiger partial charge >= 0.3 is 0 Å². The van der Waals surface area contributed by atoms with Gasteiger partial charge in [-0.15, -0.1) is 0 Å². The molecule has 1 aliphatic heterocycles. The predicted molar refractivity (Wildman–Crippen MR) is 110 cm³/mol. The van der Waals surface area contributed by atoms with Gasteiger partial charge in [0.05, 0.1) is 12.0 Å². The summed E-state index contributed by atoms with van der Waals surface area (Å²) < 4.78 is 33.5. The Labute approximate surface area is 166 Å². The van der Waals surface area contributed by atoms with Crippen LogP contribution in [0.15, 0.2) is 41.3 Å². The van der Waals surface area contributed by atoms with Gasteiger partial charge in [0.15, 0.2) is 0 Å². The van der Waals surface area contributed by atoms with Gasteiger partial charge in [-0.1, -0.05) is 13.8 Å². The third kappa shape index (κ3) is 4.14. The lowest BCUT2D eigenvalue weighted by Crippen LogP contribution is -2.37. The Bertz CT molecular complexity index is 999. The van der Waals surface area contributed by atoms with Gasteiger partial charge in [0.1, 0.15) is 5.75 Å². The van der Waals surface area contributed by atoms with Crippen molar-refractivity contribution in [3.05, 3.63) is 47.5 Å². The van der Waals surface area contributed by atoms with Crippen molar-refractivity contribution >= 4 is 27.3 Å². The van der Waals surface area contributed by atoms with Crippen LogP contribution in [0.4, 0.5) is 11.4 Å². The van der Waals surface area contributed by atoms with E-state index in [4.69, 9.17) is 4.74 Å². The van der Waals surface area contributed by atoms with Crippen LogP contribution in [-0.2, 0) is 21.2 Å². The molecule has 0 atom stereocenters. The van der Waals surface area contributed by atoms with Gasteiger partial charge in [-0.05, 0) is 66.8 Å². The molecule has 3 rings (SSSR count). The Morgan fingerprint density at radius 1 is 1.14 bits per heavy atom. The number of rotatable bonds is 6. The predicted octanol–water partition coefficient (Wildman–Crippen LogP) is 3.74. The van der Waals surface area contributed by atoms with Gasteiger partial charge in [0.25, 0.3) is 10.0 Å². The zero-order valence-electron chi connectivity index (χ0n) is 16.7. The molecule has 6 nitrogen and oxygen atoms in total. The number of benzene rings is 2. The second-order valence-electron chi connectivity index (χ2n) is 7.48. The smallest absolute Gasteiger partial charge is 0.262 e. The topological polar surface area (TPSA) is 75.7 Å². The van der Waals surface area contributed by atoms with Crippen LogP contribution in [0, 0.1) is 12.8 Å². The number of sulfonamides is 1. The van der Waals surface area contributed by atoms with Gasteiger partial charge in [-0.25, -0.2) is 8.42 Å². The molecule has 1 amide bonds. The van der Waals surface area contributed by atoms with Gasteiger partial charge in [-0.3, -0.25) is 9.52 Å². The quantitative estimate of drug-likeness (QED) is 0.799. The molecule has 0 unspecified atom stereocenters. The van der Waals surface area contributed by atoms with Crippen LogP contribution < -0.4 is 14.4 Å². The molecule has 0 bridgehead atoms. The Morgan fingerprint density at radius 3 is 2.54 bits per heavy atom. The first kappa shape index (κ1) is 20.2. The lowest BCUT2D eigenvalue weighted by molar-refractivity contribution is -0.119. The van der Waals surface area contributed by atoms with Crippen LogP contribution in [0.5, 0.6) is 5.75 Å². The summed E-state index contributed by atoms with van der Waals surface area (Å²) in [4.78, 5) is 14.3. The highest BCUT2D eigenvalue weighted by Gasteiger charge is 2.25. The largest absolute Gasteiger partial charge is 0.497 e. The molecular formula is C21H26N2O4S. The van der Waals surface area contributed by atoms with E-state index in [0.29, 0.717) is 42.3 Å². The summed E-state index contributed by atoms with van der Waals surface area (Å²) in [6.45, 7) is 6.53.